The summed E-state index contributed by atoms with van der Waals surface area (Å²) in [5, 5.41) is 0. The second-order valence-electron chi connectivity index (χ2n) is 3.29. The van der Waals surface area contributed by atoms with Gasteiger partial charge in [-0.25, -0.2) is 4.39 Å². The van der Waals surface area contributed by atoms with Crippen LogP contribution in [0, 0.1) is 5.82 Å². The average Bonchev–Trinajstić information content (AvgIpc) is 2.33. The Hall–Kier alpha value is -1.13. The van der Waals surface area contributed by atoms with Crippen LogP contribution in [0.25, 0.3) is 0 Å². The van der Waals surface area contributed by atoms with Crippen molar-refractivity contribution in [2.24, 2.45) is 0 Å². The molecule has 0 N–H and O–H groups in total. The fraction of sp³-hybridized carbons (Fsp3) is 0.0833. The summed E-state index contributed by atoms with van der Waals surface area (Å²) >= 11 is 9.02. The van der Waals surface area contributed by atoms with E-state index in [1.54, 1.807) is 24.5 Å². The molecule has 17 heavy (non-hydrogen) atoms. The van der Waals surface area contributed by atoms with E-state index >= 15 is 0 Å². The molecule has 0 saturated heterocycles. The van der Waals surface area contributed by atoms with Gasteiger partial charge in [0.05, 0.1) is 16.5 Å². The molecule has 2 aromatic rings. The van der Waals surface area contributed by atoms with Crippen molar-refractivity contribution in [1.29, 1.82) is 0 Å². The van der Waals surface area contributed by atoms with Crippen LogP contribution in [0.15, 0.2) is 41.1 Å². The summed E-state index contributed by atoms with van der Waals surface area (Å²) in [6.45, 7) is 0. The van der Waals surface area contributed by atoms with E-state index in [1.807, 2.05) is 0 Å². The third-order valence-electron chi connectivity index (χ3n) is 2.13. The van der Waals surface area contributed by atoms with Gasteiger partial charge in [0.2, 0.25) is 0 Å². The Balaban J connectivity index is 2.31. The molecule has 0 fully saturated rings. The SMILES string of the molecule is Fc1ccc(Oc2cnccc2CCl)c(Br)c1. The van der Waals surface area contributed by atoms with E-state index in [0.29, 0.717) is 21.9 Å². The van der Waals surface area contributed by atoms with Gasteiger partial charge in [0.15, 0.2) is 0 Å². The summed E-state index contributed by atoms with van der Waals surface area (Å²) < 4.78 is 19.1. The van der Waals surface area contributed by atoms with Crippen molar-refractivity contribution in [2.75, 3.05) is 0 Å². The number of hydrogen-bond acceptors (Lipinski definition) is 2. The van der Waals surface area contributed by atoms with E-state index in [9.17, 15) is 4.39 Å². The lowest BCUT2D eigenvalue weighted by molar-refractivity contribution is 0.471. The lowest BCUT2D eigenvalue weighted by Gasteiger charge is -2.10. The number of benzene rings is 1. The molecule has 0 bridgehead atoms. The molecule has 0 aliphatic heterocycles. The Bertz CT molecular complexity index is 536. The molecule has 2 nitrogen and oxygen atoms in total. The molecule has 88 valence electrons. The molecule has 5 heteroatoms. The van der Waals surface area contributed by atoms with Gasteiger partial charge >= 0.3 is 0 Å². The normalized spacial score (nSPS) is 10.3. The van der Waals surface area contributed by atoms with Crippen molar-refractivity contribution in [3.8, 4) is 11.5 Å². The van der Waals surface area contributed by atoms with Gasteiger partial charge < -0.3 is 4.74 Å². The number of hydrogen-bond donors (Lipinski definition) is 0. The summed E-state index contributed by atoms with van der Waals surface area (Å²) in [4.78, 5) is 3.96. The van der Waals surface area contributed by atoms with Gasteiger partial charge in [-0.3, -0.25) is 4.98 Å². The monoisotopic (exact) mass is 315 g/mol. The Kier molecular flexibility index (Phi) is 3.97. The Morgan fingerprint density at radius 1 is 1.29 bits per heavy atom. The third kappa shape index (κ3) is 2.96. The zero-order valence-corrected chi connectivity index (χ0v) is 11.0. The predicted molar refractivity (Wildman–Crippen MR) is 68.0 cm³/mol. The molecule has 2 rings (SSSR count). The van der Waals surface area contributed by atoms with Crippen LogP contribution in [0.1, 0.15) is 5.56 Å². The van der Waals surface area contributed by atoms with Gasteiger partial charge in [0.25, 0.3) is 0 Å². The summed E-state index contributed by atoms with van der Waals surface area (Å²) in [6.07, 6.45) is 3.22. The first-order chi connectivity index (χ1) is 8.20. The minimum absolute atomic E-state index is 0.326. The number of aromatic nitrogens is 1. The number of rotatable bonds is 3. The largest absolute Gasteiger partial charge is 0.454 e. The molecule has 1 aromatic carbocycles. The number of nitrogens with zero attached hydrogens (tertiary/aromatic N) is 1. The maximum absolute atomic E-state index is 12.9. The van der Waals surface area contributed by atoms with Crippen molar-refractivity contribution >= 4 is 27.5 Å². The lowest BCUT2D eigenvalue weighted by atomic mass is 10.3. The number of ether oxygens (including phenoxy) is 1. The summed E-state index contributed by atoms with van der Waals surface area (Å²) in [6, 6.07) is 5.99. The van der Waals surface area contributed by atoms with E-state index in [1.165, 1.54) is 12.1 Å². The Labute approximate surface area is 112 Å². The van der Waals surface area contributed by atoms with E-state index in [0.717, 1.165) is 5.56 Å². The quantitative estimate of drug-likeness (QED) is 0.777. The van der Waals surface area contributed by atoms with Crippen LogP contribution in [0.2, 0.25) is 0 Å². The standard InChI is InChI=1S/C12H8BrClFNO/c13-10-5-9(15)1-2-11(10)17-12-7-16-4-3-8(12)6-14/h1-5,7H,6H2. The van der Waals surface area contributed by atoms with Gasteiger partial charge in [-0.2, -0.15) is 0 Å². The number of alkyl halides is 1. The highest BCUT2D eigenvalue weighted by atomic mass is 79.9. The molecule has 0 aliphatic rings. The minimum Gasteiger partial charge on any atom is -0.454 e. The van der Waals surface area contributed by atoms with Gasteiger partial charge in [-0.1, -0.05) is 0 Å². The Morgan fingerprint density at radius 2 is 2.12 bits per heavy atom. The highest BCUT2D eigenvalue weighted by molar-refractivity contribution is 9.10. The summed E-state index contributed by atoms with van der Waals surface area (Å²) in [5.41, 5.74) is 0.831. The Morgan fingerprint density at radius 3 is 2.82 bits per heavy atom. The van der Waals surface area contributed by atoms with Crippen molar-refractivity contribution in [3.05, 3.63) is 52.5 Å². The second kappa shape index (κ2) is 5.47. The van der Waals surface area contributed by atoms with Crippen LogP contribution < -0.4 is 4.74 Å². The highest BCUT2D eigenvalue weighted by Crippen LogP contribution is 2.31. The van der Waals surface area contributed by atoms with Crippen molar-refractivity contribution in [2.45, 2.75) is 5.88 Å². The molecule has 0 aliphatic carbocycles. The van der Waals surface area contributed by atoms with Crippen LogP contribution in [0.4, 0.5) is 4.39 Å². The van der Waals surface area contributed by atoms with Crippen LogP contribution in [0.3, 0.4) is 0 Å². The van der Waals surface area contributed by atoms with Gasteiger partial charge in [-0.05, 0) is 40.2 Å². The van der Waals surface area contributed by atoms with Gasteiger partial charge in [-0.15, -0.1) is 11.6 Å². The van der Waals surface area contributed by atoms with Crippen LogP contribution in [0.5, 0.6) is 11.5 Å². The molecular weight excluding hydrogens is 308 g/mol. The predicted octanol–water partition coefficient (Wildman–Crippen LogP) is 4.51. The number of halogens is 3. The summed E-state index contributed by atoms with van der Waals surface area (Å²) in [5.74, 6) is 1.09. The topological polar surface area (TPSA) is 22.1 Å². The fourth-order valence-corrected chi connectivity index (χ4v) is 1.94. The molecule has 1 heterocycles. The molecule has 0 amide bonds. The number of pyridine rings is 1. The molecular formula is C12H8BrClFNO. The highest BCUT2D eigenvalue weighted by Gasteiger charge is 2.07. The van der Waals surface area contributed by atoms with E-state index in [-0.39, 0.29) is 5.82 Å². The minimum atomic E-state index is -0.326. The molecule has 1 aromatic heterocycles. The maximum Gasteiger partial charge on any atom is 0.150 e. The van der Waals surface area contributed by atoms with E-state index < -0.39 is 0 Å². The first-order valence-corrected chi connectivity index (χ1v) is 6.15. The molecule has 0 unspecified atom stereocenters. The second-order valence-corrected chi connectivity index (χ2v) is 4.42. The van der Waals surface area contributed by atoms with Gasteiger partial charge in [0.1, 0.15) is 17.3 Å². The van der Waals surface area contributed by atoms with Gasteiger partial charge in [0, 0.05) is 11.8 Å². The van der Waals surface area contributed by atoms with Crippen molar-refractivity contribution in [3.63, 3.8) is 0 Å². The lowest BCUT2D eigenvalue weighted by Crippen LogP contribution is -1.91. The first kappa shape index (κ1) is 12.3. The fourth-order valence-electron chi connectivity index (χ4n) is 1.29. The summed E-state index contributed by atoms with van der Waals surface area (Å²) in [7, 11) is 0. The van der Waals surface area contributed by atoms with Crippen LogP contribution in [-0.2, 0) is 5.88 Å². The zero-order chi connectivity index (χ0) is 12.3. The molecule has 0 radical (unpaired) electrons. The van der Waals surface area contributed by atoms with Crippen LogP contribution >= 0.6 is 27.5 Å². The molecule has 0 atom stereocenters. The maximum atomic E-state index is 12.9. The first-order valence-electron chi connectivity index (χ1n) is 4.82. The van der Waals surface area contributed by atoms with Crippen LogP contribution in [-0.4, -0.2) is 4.98 Å². The molecule has 0 spiro atoms. The smallest absolute Gasteiger partial charge is 0.150 e. The van der Waals surface area contributed by atoms with Crippen molar-refractivity contribution < 1.29 is 9.13 Å². The molecule has 0 saturated carbocycles. The zero-order valence-electron chi connectivity index (χ0n) is 8.66. The van der Waals surface area contributed by atoms with E-state index in [4.69, 9.17) is 16.3 Å². The van der Waals surface area contributed by atoms with E-state index in [2.05, 4.69) is 20.9 Å². The van der Waals surface area contributed by atoms with Crippen molar-refractivity contribution in [1.82, 2.24) is 4.98 Å². The third-order valence-corrected chi connectivity index (χ3v) is 3.04. The average molecular weight is 317 g/mol.